The minimum atomic E-state index is 0.470. The molecule has 0 unspecified atom stereocenters. The summed E-state index contributed by atoms with van der Waals surface area (Å²) in [5.41, 5.74) is 1.49. The molecular weight excluding hydrogens is 144 g/mol. The molecule has 0 aromatic carbocycles. The third-order valence-electron chi connectivity index (χ3n) is 4.99. The van der Waals surface area contributed by atoms with E-state index in [9.17, 15) is 0 Å². The van der Waals surface area contributed by atoms with Crippen molar-refractivity contribution in [3.8, 4) is 0 Å². The van der Waals surface area contributed by atoms with E-state index >= 15 is 0 Å². The van der Waals surface area contributed by atoms with Crippen LogP contribution in [0.5, 0.6) is 0 Å². The van der Waals surface area contributed by atoms with E-state index in [4.69, 9.17) is 0 Å². The summed E-state index contributed by atoms with van der Waals surface area (Å²) < 4.78 is 0. The second-order valence-corrected chi connectivity index (χ2v) is 6.25. The van der Waals surface area contributed by atoms with Gasteiger partial charge in [-0.05, 0) is 29.1 Å². The maximum absolute atomic E-state index is 2.44. The van der Waals surface area contributed by atoms with Gasteiger partial charge >= 0.3 is 0 Å². The average molecular weight is 168 g/mol. The first-order chi connectivity index (χ1) is 5.21. The molecular formula is C12H24. The lowest BCUT2D eigenvalue weighted by atomic mass is 9.49. The molecule has 0 atom stereocenters. The fraction of sp³-hybridized carbons (Fsp3) is 1.00. The highest BCUT2D eigenvalue weighted by atomic mass is 14.5. The van der Waals surface area contributed by atoms with E-state index in [0.717, 1.165) is 0 Å². The van der Waals surface area contributed by atoms with E-state index in [-0.39, 0.29) is 0 Å². The molecule has 0 amide bonds. The van der Waals surface area contributed by atoms with Gasteiger partial charge in [0.1, 0.15) is 0 Å². The largest absolute Gasteiger partial charge is 0.0594 e. The van der Waals surface area contributed by atoms with E-state index in [1.165, 1.54) is 19.3 Å². The van der Waals surface area contributed by atoms with E-state index in [2.05, 4.69) is 41.5 Å². The van der Waals surface area contributed by atoms with E-state index in [1.807, 2.05) is 0 Å². The summed E-state index contributed by atoms with van der Waals surface area (Å²) in [5, 5.41) is 0. The van der Waals surface area contributed by atoms with E-state index in [0.29, 0.717) is 16.2 Å². The summed E-state index contributed by atoms with van der Waals surface area (Å²) in [6.07, 6.45) is 4.19. The summed E-state index contributed by atoms with van der Waals surface area (Å²) in [6.45, 7) is 14.6. The van der Waals surface area contributed by atoms with Gasteiger partial charge in [0.25, 0.3) is 0 Å². The van der Waals surface area contributed by atoms with Crippen LogP contribution in [0.15, 0.2) is 0 Å². The molecule has 0 saturated heterocycles. The maximum atomic E-state index is 2.44. The van der Waals surface area contributed by atoms with Gasteiger partial charge in [-0.25, -0.2) is 0 Å². The SMILES string of the molecule is CC1(C)CCCC(C)(C)C1(C)C. The van der Waals surface area contributed by atoms with E-state index in [1.54, 1.807) is 0 Å². The predicted molar refractivity (Wildman–Crippen MR) is 55.2 cm³/mol. The third kappa shape index (κ3) is 1.20. The quantitative estimate of drug-likeness (QED) is 0.507. The van der Waals surface area contributed by atoms with Gasteiger partial charge in [-0.2, -0.15) is 0 Å². The van der Waals surface area contributed by atoms with Gasteiger partial charge in [0, 0.05) is 0 Å². The second kappa shape index (κ2) is 2.49. The minimum Gasteiger partial charge on any atom is -0.0594 e. The molecule has 1 aliphatic rings. The van der Waals surface area contributed by atoms with E-state index < -0.39 is 0 Å². The van der Waals surface area contributed by atoms with Crippen molar-refractivity contribution < 1.29 is 0 Å². The lowest BCUT2D eigenvalue weighted by Crippen LogP contribution is -2.47. The van der Waals surface area contributed by atoms with Crippen LogP contribution in [0.25, 0.3) is 0 Å². The third-order valence-corrected chi connectivity index (χ3v) is 4.99. The molecule has 0 aromatic heterocycles. The highest BCUT2D eigenvalue weighted by Crippen LogP contribution is 2.59. The number of rotatable bonds is 0. The molecule has 0 aliphatic heterocycles. The molecule has 0 N–H and O–H groups in total. The maximum Gasteiger partial charge on any atom is -0.0252 e. The predicted octanol–water partition coefficient (Wildman–Crippen LogP) is 4.25. The Morgan fingerprint density at radius 1 is 0.667 bits per heavy atom. The van der Waals surface area contributed by atoms with Gasteiger partial charge in [-0.15, -0.1) is 0 Å². The van der Waals surface area contributed by atoms with Gasteiger partial charge < -0.3 is 0 Å². The van der Waals surface area contributed by atoms with Crippen LogP contribution in [-0.4, -0.2) is 0 Å². The topological polar surface area (TPSA) is 0 Å². The fourth-order valence-corrected chi connectivity index (χ4v) is 2.51. The Balaban J connectivity index is 2.99. The summed E-state index contributed by atoms with van der Waals surface area (Å²) >= 11 is 0. The van der Waals surface area contributed by atoms with Crippen molar-refractivity contribution in [2.45, 2.75) is 60.8 Å². The lowest BCUT2D eigenvalue weighted by molar-refractivity contribution is -0.0646. The molecule has 1 fully saturated rings. The fourth-order valence-electron chi connectivity index (χ4n) is 2.51. The van der Waals surface area contributed by atoms with Crippen LogP contribution >= 0.6 is 0 Å². The molecule has 0 heteroatoms. The van der Waals surface area contributed by atoms with Crippen molar-refractivity contribution in [3.05, 3.63) is 0 Å². The molecule has 1 aliphatic carbocycles. The zero-order chi connectivity index (χ0) is 9.62. The Labute approximate surface area is 77.7 Å². The summed E-state index contributed by atoms with van der Waals surface area (Å²) in [7, 11) is 0. The van der Waals surface area contributed by atoms with Crippen LogP contribution in [0.3, 0.4) is 0 Å². The van der Waals surface area contributed by atoms with Crippen molar-refractivity contribution >= 4 is 0 Å². The molecule has 72 valence electrons. The van der Waals surface area contributed by atoms with Gasteiger partial charge in [0.2, 0.25) is 0 Å². The number of hydrogen-bond acceptors (Lipinski definition) is 0. The molecule has 1 rings (SSSR count). The first-order valence-electron chi connectivity index (χ1n) is 5.21. The normalized spacial score (nSPS) is 31.5. The van der Waals surface area contributed by atoms with Gasteiger partial charge in [0.05, 0.1) is 0 Å². The summed E-state index contributed by atoms with van der Waals surface area (Å²) in [4.78, 5) is 0. The lowest BCUT2D eigenvalue weighted by Gasteiger charge is -2.56. The van der Waals surface area contributed by atoms with Crippen molar-refractivity contribution in [2.24, 2.45) is 16.2 Å². The highest BCUT2D eigenvalue weighted by molar-refractivity contribution is 4.99. The molecule has 12 heavy (non-hydrogen) atoms. The number of hydrogen-bond donors (Lipinski definition) is 0. The summed E-state index contributed by atoms with van der Waals surface area (Å²) in [5.74, 6) is 0. The van der Waals surface area contributed by atoms with Crippen LogP contribution in [0.2, 0.25) is 0 Å². The van der Waals surface area contributed by atoms with Crippen LogP contribution in [0.1, 0.15) is 60.8 Å². The molecule has 0 bridgehead atoms. The van der Waals surface area contributed by atoms with Crippen LogP contribution in [-0.2, 0) is 0 Å². The van der Waals surface area contributed by atoms with Crippen LogP contribution in [0.4, 0.5) is 0 Å². The van der Waals surface area contributed by atoms with Crippen LogP contribution in [0, 0.1) is 16.2 Å². The van der Waals surface area contributed by atoms with Gasteiger partial charge in [-0.1, -0.05) is 48.0 Å². The van der Waals surface area contributed by atoms with Gasteiger partial charge in [0.15, 0.2) is 0 Å². The highest BCUT2D eigenvalue weighted by Gasteiger charge is 2.49. The first kappa shape index (κ1) is 10.1. The Morgan fingerprint density at radius 3 is 1.25 bits per heavy atom. The zero-order valence-electron chi connectivity index (χ0n) is 9.62. The molecule has 1 saturated carbocycles. The van der Waals surface area contributed by atoms with Crippen molar-refractivity contribution in [2.75, 3.05) is 0 Å². The molecule has 0 heterocycles. The van der Waals surface area contributed by atoms with Crippen molar-refractivity contribution in [1.29, 1.82) is 0 Å². The first-order valence-corrected chi connectivity index (χ1v) is 5.21. The molecule has 0 radical (unpaired) electrons. The summed E-state index contributed by atoms with van der Waals surface area (Å²) in [6, 6.07) is 0. The zero-order valence-corrected chi connectivity index (χ0v) is 9.62. The average Bonchev–Trinajstić information content (AvgIpc) is 1.83. The Bertz CT molecular complexity index is 154. The standard InChI is InChI=1S/C12H24/c1-10(2)8-7-9-11(3,4)12(10,5)6/h7-9H2,1-6H3. The van der Waals surface area contributed by atoms with Gasteiger partial charge in [-0.3, -0.25) is 0 Å². The molecule has 0 spiro atoms. The van der Waals surface area contributed by atoms with Crippen molar-refractivity contribution in [1.82, 2.24) is 0 Å². The monoisotopic (exact) mass is 168 g/mol. The van der Waals surface area contributed by atoms with Crippen molar-refractivity contribution in [3.63, 3.8) is 0 Å². The Kier molecular flexibility index (Phi) is 2.10. The molecule has 0 aromatic rings. The van der Waals surface area contributed by atoms with Crippen LogP contribution < -0.4 is 0 Å². The Hall–Kier alpha value is 0. The smallest absolute Gasteiger partial charge is 0.0252 e. The minimum absolute atomic E-state index is 0.470. The Morgan fingerprint density at radius 2 is 1.00 bits per heavy atom. The second-order valence-electron chi connectivity index (χ2n) is 6.25. The molecule has 0 nitrogen and oxygen atoms in total.